The minimum Gasteiger partial charge on any atom is -0.491 e. The minimum atomic E-state index is -3.98. The van der Waals surface area contributed by atoms with Gasteiger partial charge in [0.2, 0.25) is 47.2 Å². The number of nitrogens with zero attached hydrogens (tertiary/aromatic N) is 32. The summed E-state index contributed by atoms with van der Waals surface area (Å²) in [4.78, 5) is 139. The van der Waals surface area contributed by atoms with E-state index in [9.17, 15) is 42.3 Å². The number of rotatable bonds is 27. The molecular formula is C85H96N40O14S. The Balaban J connectivity index is 0.000000130. The number of aliphatic hydroxyl groups excluding tert-OH is 3. The highest BCUT2D eigenvalue weighted by Gasteiger charge is 2.29. The number of aliphatic hydroxyl groups is 3. The normalized spacial score (nSPS) is 12.3. The van der Waals surface area contributed by atoms with Crippen LogP contribution in [0.15, 0.2) is 175 Å². The van der Waals surface area contributed by atoms with Crippen molar-refractivity contribution in [3.63, 3.8) is 0 Å². The number of anilines is 8. The Morgan fingerprint density at radius 3 is 1.21 bits per heavy atom. The molecule has 17 N–H and O–H groups in total. The predicted molar refractivity (Wildman–Crippen MR) is 515 cm³/mol. The average molecular weight is 1930 g/mol. The molecule has 20 rings (SSSR count). The number of Topliss-reactive ketones (excluding diaryl/α,β-unsaturated/α-hetero) is 1. The summed E-state index contributed by atoms with van der Waals surface area (Å²) in [5.74, 6) is 7.84. The zero-order valence-corrected chi connectivity index (χ0v) is 77.2. The van der Waals surface area contributed by atoms with Gasteiger partial charge in [0.15, 0.2) is 62.6 Å². The lowest BCUT2D eigenvalue weighted by Gasteiger charge is -2.36. The molecule has 18 heterocycles. The molecule has 1 aliphatic rings. The number of piperazine rings is 1. The van der Waals surface area contributed by atoms with Crippen LogP contribution in [0.4, 0.5) is 47.1 Å². The van der Waals surface area contributed by atoms with Crippen LogP contribution >= 0.6 is 0 Å². The molecule has 1 fully saturated rings. The Labute approximate surface area is 789 Å². The van der Waals surface area contributed by atoms with Crippen LogP contribution in [0.25, 0.3) is 107 Å². The van der Waals surface area contributed by atoms with E-state index in [1.165, 1.54) is 74.1 Å². The van der Waals surface area contributed by atoms with Crippen LogP contribution in [0, 0.1) is 6.92 Å². The van der Waals surface area contributed by atoms with Gasteiger partial charge in [-0.1, -0.05) is 42.0 Å². The molecule has 0 amide bonds. The summed E-state index contributed by atoms with van der Waals surface area (Å²) in [6.45, 7) is 7.12. The average Bonchev–Trinajstić information content (AvgIpc) is 1.58. The molecule has 0 radical (unpaired) electrons. The van der Waals surface area contributed by atoms with E-state index in [1.54, 1.807) is 125 Å². The van der Waals surface area contributed by atoms with Crippen molar-refractivity contribution >= 4 is 136 Å². The van der Waals surface area contributed by atoms with E-state index in [0.29, 0.717) is 127 Å². The molecule has 0 bridgehead atoms. The number of benzene rings is 2. The van der Waals surface area contributed by atoms with Crippen molar-refractivity contribution in [2.45, 2.75) is 44.5 Å². The Hall–Kier alpha value is -17.3. The zero-order chi connectivity index (χ0) is 99.1. The minimum absolute atomic E-state index is 0.00254. The fourth-order valence-corrected chi connectivity index (χ4v) is 16.5. The summed E-state index contributed by atoms with van der Waals surface area (Å²) in [5.41, 5.74) is 39.9. The summed E-state index contributed by atoms with van der Waals surface area (Å²) in [7, 11) is 5.72. The number of ketones is 1. The number of fused-ring (bicyclic) bond motifs is 11. The number of carbonyl (C=O) groups is 1. The smallest absolute Gasteiger partial charge is 0.330 e. The molecule has 0 saturated carbocycles. The lowest BCUT2D eigenvalue weighted by molar-refractivity contribution is 0.100. The number of methoxy groups -OCH3 is 1. The van der Waals surface area contributed by atoms with Crippen molar-refractivity contribution in [2.24, 2.45) is 41.1 Å². The van der Waals surface area contributed by atoms with E-state index in [2.05, 4.69) is 118 Å². The first-order valence-corrected chi connectivity index (χ1v) is 44.6. The number of nitrogens with two attached hydrogens (primary N) is 6. The molecule has 0 aliphatic carbocycles. The number of nitrogens with one attached hydrogen (secondary N) is 2. The van der Waals surface area contributed by atoms with Crippen LogP contribution in [-0.4, -0.2) is 265 Å². The maximum atomic E-state index is 13.3. The van der Waals surface area contributed by atoms with Crippen LogP contribution in [0.2, 0.25) is 0 Å². The van der Waals surface area contributed by atoms with Gasteiger partial charge in [0.05, 0.1) is 70.7 Å². The molecule has 0 unspecified atom stereocenters. The lowest BCUT2D eigenvalue weighted by atomic mass is 10.2. The number of hydrogen-bond donors (Lipinski definition) is 11. The molecule has 1 aliphatic heterocycles. The number of hydrazine groups is 1. The summed E-state index contributed by atoms with van der Waals surface area (Å²) in [6, 6.07) is 35.8. The lowest BCUT2D eigenvalue weighted by Crippen LogP contribution is -2.47. The Bertz CT molecular complexity index is 8230. The molecule has 19 aromatic rings. The maximum Gasteiger partial charge on any atom is 0.330 e. The van der Waals surface area contributed by atoms with E-state index in [1.807, 2.05) is 49.4 Å². The quantitative estimate of drug-likeness (QED) is 0.00987. The van der Waals surface area contributed by atoms with Crippen molar-refractivity contribution in [3.8, 4) is 40.3 Å². The molecule has 140 heavy (non-hydrogen) atoms. The highest BCUT2D eigenvalue weighted by Crippen LogP contribution is 2.29. The monoisotopic (exact) mass is 1930 g/mol. The molecule has 1 saturated heterocycles. The van der Waals surface area contributed by atoms with Crippen molar-refractivity contribution in [3.05, 3.63) is 210 Å². The zero-order valence-electron chi connectivity index (χ0n) is 76.4. The van der Waals surface area contributed by atoms with Crippen LogP contribution < -0.4 is 83.3 Å². The molecule has 0 atom stereocenters. The highest BCUT2D eigenvalue weighted by atomic mass is 32.2. The molecule has 17 aromatic heterocycles. The Kier molecular flexibility index (Phi) is 28.2. The summed E-state index contributed by atoms with van der Waals surface area (Å²) < 4.78 is 59.0. The van der Waals surface area contributed by atoms with Crippen molar-refractivity contribution < 1.29 is 42.2 Å². The number of carbonyl (C=O) groups excluding carboxylic acids is 1. The Morgan fingerprint density at radius 2 is 0.814 bits per heavy atom. The van der Waals surface area contributed by atoms with Gasteiger partial charge in [0.1, 0.15) is 62.7 Å². The molecule has 726 valence electrons. The van der Waals surface area contributed by atoms with Crippen LogP contribution in [0.5, 0.6) is 5.75 Å². The van der Waals surface area contributed by atoms with Crippen molar-refractivity contribution in [2.75, 3.05) is 130 Å². The number of pyridine rings is 4. The molecular weight excluding hydrogens is 1840 g/mol. The van der Waals surface area contributed by atoms with Gasteiger partial charge in [-0.3, -0.25) is 79.5 Å². The van der Waals surface area contributed by atoms with Gasteiger partial charge in [-0.25, -0.2) is 44.8 Å². The van der Waals surface area contributed by atoms with Gasteiger partial charge in [-0.15, -0.1) is 15.3 Å². The van der Waals surface area contributed by atoms with Crippen molar-refractivity contribution in [1.82, 2.24) is 149 Å². The number of nitrogen functional groups attached to an aromatic ring is 6. The predicted octanol–water partition coefficient (Wildman–Crippen LogP) is -0.796. The number of hydrogen-bond acceptors (Lipinski definition) is 41. The second-order valence-corrected chi connectivity index (χ2v) is 32.9. The number of aryl methyl sites for hydroxylation is 6. The molecule has 2 aromatic carbocycles. The van der Waals surface area contributed by atoms with Crippen LogP contribution in [0.1, 0.15) is 16.1 Å². The van der Waals surface area contributed by atoms with Gasteiger partial charge < -0.3 is 69.1 Å². The van der Waals surface area contributed by atoms with Gasteiger partial charge in [-0.2, -0.15) is 56.9 Å². The number of ether oxygens (including phenoxy) is 2. The highest BCUT2D eigenvalue weighted by molar-refractivity contribution is 7.86. The number of aromatic nitrogens is 30. The van der Waals surface area contributed by atoms with Crippen LogP contribution in [-0.2, 0) is 87.0 Å². The van der Waals surface area contributed by atoms with Gasteiger partial charge in [0, 0.05) is 112 Å². The topological polar surface area (TPSA) is 693 Å². The first-order valence-electron chi connectivity index (χ1n) is 43.2. The third-order valence-corrected chi connectivity index (χ3v) is 23.8. The first kappa shape index (κ1) is 95.9. The van der Waals surface area contributed by atoms with E-state index in [4.69, 9.17) is 58.4 Å². The standard InChI is InChI=1S/C27H32N10O3.C21H20N8O4S.C15H17N7O3.C14H14N8O2.C8H13N7O2/c1-33-22-24(31-26(28)37-25(22)30-23(32-37)21-5-3-4-10-29-21)36(27(33)38)16-13-34-11-14-35(15-12-34)19-6-8-20(9-7-19)40-18-17-39-2;1-13-6-8-14(9-7-13)34(31,32)33-12-11-28-18-16(27(2)21(28)30)19-24-17(15-5-3-4-10-23-15)26-29(19)20(22)25-18;1-21-11-12(18-8-10(24)9-4-2-3-5-17-9)19-14(16)20-13(11)22(6-7-23)15(21)25;1-20-9-11(21(6-7-23)14(20)24)18-13(15)22-12(9)17-10(19-22)8-4-2-3-5-16-8;1-14-4-5(13-10)11-7(9)12-6(4)15(2-3-16)8(14)17/h3-10H,11-18H2,1-2H3,(H2,28,31);3-10H,11-12H2,1-2H3,(H2,22,25);2-5,23H,6-8H2,1H3,(H3,16,18,19,20);2-5,23H,6-7H2,1H3,(H2,15,18);16H,2-3,10H2,1H3,(H3,9,11,12,13). The molecule has 55 heteroatoms. The molecule has 54 nitrogen and oxygen atoms in total. The maximum absolute atomic E-state index is 13.3. The fourth-order valence-electron chi connectivity index (χ4n) is 15.6. The van der Waals surface area contributed by atoms with Gasteiger partial charge in [0.25, 0.3) is 10.1 Å². The SMILES string of the molecule is COCCOc1ccc(N2CCN(CCn3c(=O)n(C)c4c3nc(N)n3nc(-c5ccccn5)nc43)CC2)cc1.Cc1ccc(S(=O)(=O)OCCn2c(=O)n(C)c3c2nc(N)n2nc(-c4ccccn4)nc32)cc1.Cn1c(=O)n(CCO)c2nc(N)n3nc(-c4ccccn4)nc3c21.Cn1c(=O)n(CCO)c2nc(N)nc(NCC(=O)c3ccccn3)c21.Cn1c(=O)n(CCO)c2nc(N)nc(NN)c21. The Morgan fingerprint density at radius 1 is 0.421 bits per heavy atom. The number of imidazole rings is 5. The first-order chi connectivity index (χ1) is 67.5. The van der Waals surface area contributed by atoms with Crippen LogP contribution in [0.3, 0.4) is 0 Å². The second kappa shape index (κ2) is 41.1. The third kappa shape index (κ3) is 19.3. The van der Waals surface area contributed by atoms with Crippen molar-refractivity contribution in [1.29, 1.82) is 0 Å². The molecule has 0 spiro atoms. The van der Waals surface area contributed by atoms with Gasteiger partial charge in [-0.05, 0) is 91.9 Å². The fraction of sp³-hybridized carbons (Fsp3) is 0.282. The van der Waals surface area contributed by atoms with Gasteiger partial charge >= 0.3 is 28.4 Å². The van der Waals surface area contributed by atoms with E-state index < -0.39 is 15.8 Å². The third-order valence-electron chi connectivity index (χ3n) is 22.5. The summed E-state index contributed by atoms with van der Waals surface area (Å²) in [5, 5.41) is 43.3. The van der Waals surface area contributed by atoms with E-state index in [0.717, 1.165) is 44.0 Å². The van der Waals surface area contributed by atoms with E-state index >= 15 is 0 Å². The summed E-state index contributed by atoms with van der Waals surface area (Å²) in [6.07, 6.45) is 6.48. The van der Waals surface area contributed by atoms with E-state index in [-0.39, 0.29) is 140 Å². The second-order valence-electron chi connectivity index (χ2n) is 31.3. The largest absolute Gasteiger partial charge is 0.491 e. The summed E-state index contributed by atoms with van der Waals surface area (Å²) >= 11 is 0.